The fourth-order valence-corrected chi connectivity index (χ4v) is 25.7. The summed E-state index contributed by atoms with van der Waals surface area (Å²) >= 11 is 0. The lowest BCUT2D eigenvalue weighted by Gasteiger charge is -2.58. The van der Waals surface area contributed by atoms with Crippen molar-refractivity contribution in [3.63, 3.8) is 0 Å². The zero-order valence-corrected chi connectivity index (χ0v) is 61.4. The largest absolute Gasteiger partial charge is 0.573 e. The lowest BCUT2D eigenvalue weighted by Crippen LogP contribution is -2.59. The van der Waals surface area contributed by atoms with Crippen LogP contribution in [0.15, 0.2) is 91.0 Å². The van der Waals surface area contributed by atoms with Crippen LogP contribution in [0.1, 0.15) is 242 Å². The van der Waals surface area contributed by atoms with Gasteiger partial charge in [-0.1, -0.05) is 94.5 Å². The van der Waals surface area contributed by atoms with Crippen LogP contribution in [0.5, 0.6) is 28.7 Å². The highest BCUT2D eigenvalue weighted by Crippen LogP contribution is 2.62. The molecule has 10 fully saturated rings. The molecule has 20 rings (SSSR count). The van der Waals surface area contributed by atoms with Gasteiger partial charge in [0, 0.05) is 73.7 Å². The molecule has 5 aliphatic heterocycles. The topological polar surface area (TPSA) is 62.4 Å². The molecule has 5 aromatic rings. The molecule has 15 atom stereocenters. The van der Waals surface area contributed by atoms with Crippen molar-refractivity contribution in [1.29, 1.82) is 0 Å². The highest BCUT2D eigenvalue weighted by Gasteiger charge is 2.59. The minimum atomic E-state index is -4.71. The van der Waals surface area contributed by atoms with Gasteiger partial charge >= 0.3 is 12.7 Å². The molecular weight excluding hydrogens is 1350 g/mol. The molecule has 106 heavy (non-hydrogen) atoms. The third-order valence-corrected chi connectivity index (χ3v) is 30.2. The van der Waals surface area contributed by atoms with Gasteiger partial charge in [-0.2, -0.15) is 0 Å². The number of benzene rings is 5. The molecular formula is C90H119F6N5O5. The van der Waals surface area contributed by atoms with Gasteiger partial charge in [0.05, 0.1) is 30.8 Å². The van der Waals surface area contributed by atoms with E-state index in [-0.39, 0.29) is 68.7 Å². The number of rotatable bonds is 5. The molecule has 0 amide bonds. The zero-order chi connectivity index (χ0) is 89.4. The molecule has 0 radical (unpaired) electrons. The van der Waals surface area contributed by atoms with E-state index in [1.165, 1.54) is 90.5 Å². The maximum Gasteiger partial charge on any atom is 0.573 e. The molecule has 10 bridgehead atoms. The van der Waals surface area contributed by atoms with Crippen LogP contribution in [0.2, 0.25) is 0 Å². The number of alkyl halides is 6. The van der Waals surface area contributed by atoms with E-state index in [0.29, 0.717) is 92.4 Å². The Bertz CT molecular complexity index is 4460. The molecule has 5 heterocycles. The monoisotopic (exact) mass is 1480 g/mol. The molecule has 576 valence electrons. The Kier molecular flexibility index (Phi) is 15.2. The number of hydrogen-bond donors (Lipinski definition) is 0. The highest BCUT2D eigenvalue weighted by molar-refractivity contribution is 5.51. The van der Waals surface area contributed by atoms with Crippen LogP contribution in [0.4, 0.5) is 26.3 Å². The van der Waals surface area contributed by atoms with Crippen molar-refractivity contribution in [2.24, 2.45) is 29.6 Å². The first-order valence-corrected chi connectivity index (χ1v) is 39.9. The van der Waals surface area contributed by atoms with Gasteiger partial charge in [0.2, 0.25) is 0 Å². The quantitative estimate of drug-likeness (QED) is 0.159. The fourth-order valence-electron chi connectivity index (χ4n) is 25.7. The predicted molar refractivity (Wildman–Crippen MR) is 407 cm³/mol. The fraction of sp³-hybridized carbons (Fsp3) is 0.667. The summed E-state index contributed by atoms with van der Waals surface area (Å²) in [6.45, 7) is -4.96. The van der Waals surface area contributed by atoms with Crippen molar-refractivity contribution in [2.45, 2.75) is 263 Å². The molecule has 5 saturated carbocycles. The van der Waals surface area contributed by atoms with Crippen molar-refractivity contribution in [1.82, 2.24) is 24.5 Å². The van der Waals surface area contributed by atoms with Crippen molar-refractivity contribution >= 4 is 0 Å². The van der Waals surface area contributed by atoms with Gasteiger partial charge in [-0.25, -0.2) is 0 Å². The van der Waals surface area contributed by atoms with Crippen LogP contribution in [-0.2, 0) is 59.2 Å². The Morgan fingerprint density at radius 2 is 0.566 bits per heavy atom. The maximum absolute atomic E-state index is 12.6. The van der Waals surface area contributed by atoms with Gasteiger partial charge < -0.3 is 48.2 Å². The SMILES string of the molecule is CN1CC[C@@]23CCCC[C@@H]2C1Cc1ccc(OC(F)(F)F)cc13.[2H]C([2H])([2H])N1CC[C@@]23CCCC[C@@H]2C1Cc1ccc(OC(F)(F)F)cc13.[2H]C([2H])([2H])Oc1ccc2c(c1)[C@]13CCCC[C@@H]1C(C2)N(C([2H])([2H])[2H])CC3.[2H]C([2H])Oc1ccc2c(c1)[C@]13CCCC[C@@H]1C(C2)N(C([2H])([2H])[2H])CC3.[2H]C([2H])Oc1ccc2c(c1)[C@]13CCCC[C@@H]1C(C2)N(C([2H])([2H])[2H])CC3. The summed E-state index contributed by atoms with van der Waals surface area (Å²) in [5, 5.41) is 0. The number of hydrogen-bond acceptors (Lipinski definition) is 10. The summed E-state index contributed by atoms with van der Waals surface area (Å²) in [7, 11) is -2.92. The number of likely N-dealkylation sites (N-methyl/N-ethyl adjacent to an activating group) is 5. The van der Waals surface area contributed by atoms with E-state index < -0.39 is 61.8 Å². The Balaban J connectivity index is 0.000000115. The molecule has 5 saturated heterocycles. The third kappa shape index (κ3) is 13.3. The predicted octanol–water partition coefficient (Wildman–Crippen LogP) is 18.7. The summed E-state index contributed by atoms with van der Waals surface area (Å²) < 4.78 is 246. The summed E-state index contributed by atoms with van der Waals surface area (Å²) in [5.74, 6) is 3.15. The van der Waals surface area contributed by atoms with E-state index in [1.807, 2.05) is 54.6 Å². The van der Waals surface area contributed by atoms with Crippen molar-refractivity contribution in [3.8, 4) is 28.7 Å². The summed E-state index contributed by atoms with van der Waals surface area (Å²) in [6, 6.07) is 27.6. The zero-order valence-electron chi connectivity index (χ0n) is 80.4. The number of methoxy groups -OCH3 is 3. The normalized spacial score (nSPS) is 38.4. The maximum atomic E-state index is 12.6. The third-order valence-electron chi connectivity index (χ3n) is 30.2. The second-order valence-electron chi connectivity index (χ2n) is 34.4. The molecule has 0 N–H and O–H groups in total. The van der Waals surface area contributed by atoms with Gasteiger partial charge in [0.15, 0.2) is 0 Å². The van der Waals surface area contributed by atoms with E-state index in [2.05, 4.69) is 21.4 Å². The van der Waals surface area contributed by atoms with Crippen molar-refractivity contribution < 1.29 is 76.1 Å². The van der Waals surface area contributed by atoms with Crippen molar-refractivity contribution in [3.05, 3.63) is 147 Å². The molecule has 5 unspecified atom stereocenters. The molecule has 10 nitrogen and oxygen atoms in total. The molecule has 5 aromatic carbocycles. The van der Waals surface area contributed by atoms with Gasteiger partial charge in [-0.3, -0.25) is 0 Å². The van der Waals surface area contributed by atoms with E-state index in [0.717, 1.165) is 157 Å². The number of fused-ring (bicyclic) bond motifs is 5. The molecule has 0 aromatic heterocycles. The minimum absolute atomic E-state index is 0.0354. The lowest BCUT2D eigenvalue weighted by atomic mass is 9.52. The number of ether oxygens (including phenoxy) is 5. The summed E-state index contributed by atoms with van der Waals surface area (Å²) in [6.07, 6.45) is 20.8. The minimum Gasteiger partial charge on any atom is -0.497 e. The Hall–Kier alpha value is -5.52. The first-order valence-electron chi connectivity index (χ1n) is 49.7. The average molecular weight is 1480 g/mol. The van der Waals surface area contributed by atoms with Gasteiger partial charge in [-0.05, 0) is 342 Å². The van der Waals surface area contributed by atoms with Crippen LogP contribution in [0.3, 0.4) is 0 Å². The lowest BCUT2D eigenvalue weighted by molar-refractivity contribution is -0.275. The first-order chi connectivity index (χ1) is 58.7. The molecule has 15 aliphatic rings. The second-order valence-corrected chi connectivity index (χ2v) is 34.4. The number of likely N-dealkylation sites (tertiary alicyclic amines) is 5. The Morgan fingerprint density at radius 1 is 0.321 bits per heavy atom. The summed E-state index contributed by atoms with van der Waals surface area (Å²) in [5.41, 5.74) is 11.5. The standard InChI is InChI=1S/2C18H22F3NO.3C18H25NO/c2*1-22-9-8-17-7-3-2-4-14(17)16(22)10-12-5-6-13(11-15(12)17)23-18(19,20)21;3*1-19-10-9-18-8-4-3-5-15(18)17(19)11-13-6-7-14(20-2)12-16(13)18/h2*5-6,11,14,16H,2-4,7-10H2,1H3;3*6-7,12,15,17H,3-5,8-11H2,1-2H3/t2*14-,16?,17+;3*15-,17?,18+/m11111/s1/i1D3;;1D3,2D3;2*1D3,2D2. The van der Waals surface area contributed by atoms with Crippen molar-refractivity contribution in [2.75, 3.05) is 88.8 Å². The smallest absolute Gasteiger partial charge is 0.497 e. The van der Waals surface area contributed by atoms with Gasteiger partial charge in [-0.15, -0.1) is 26.3 Å². The van der Waals surface area contributed by atoms with Crippen LogP contribution in [0, 0.1) is 29.6 Å². The second kappa shape index (κ2) is 29.3. The average Bonchev–Trinajstić information content (AvgIpc) is 0.748. The van der Waals surface area contributed by atoms with Crippen LogP contribution in [0.25, 0.3) is 0 Å². The Morgan fingerprint density at radius 3 is 0.821 bits per heavy atom. The van der Waals surface area contributed by atoms with Crippen LogP contribution in [-0.4, -0.2) is 156 Å². The highest BCUT2D eigenvalue weighted by atomic mass is 19.4. The van der Waals surface area contributed by atoms with E-state index >= 15 is 0 Å². The van der Waals surface area contributed by atoms with E-state index in [4.69, 9.17) is 40.3 Å². The molecule has 16 heteroatoms. The summed E-state index contributed by atoms with van der Waals surface area (Å²) in [4.78, 5) is 9.36. The molecule has 0 spiro atoms. The van der Waals surface area contributed by atoms with E-state index in [1.54, 1.807) is 43.9 Å². The van der Waals surface area contributed by atoms with E-state index in [9.17, 15) is 26.3 Å². The number of piperidine rings is 5. The van der Waals surface area contributed by atoms with Crippen LogP contribution < -0.4 is 23.7 Å². The van der Waals surface area contributed by atoms with Gasteiger partial charge in [0.1, 0.15) is 28.7 Å². The Labute approximate surface area is 655 Å². The first kappa shape index (κ1) is 55.0. The van der Waals surface area contributed by atoms with Gasteiger partial charge in [0.25, 0.3) is 0 Å². The van der Waals surface area contributed by atoms with Crippen LogP contribution >= 0.6 is 0 Å². The molecule has 10 aliphatic carbocycles. The number of halogens is 6. The number of nitrogens with zero attached hydrogens (tertiary/aromatic N) is 5.